The van der Waals surface area contributed by atoms with Crippen molar-refractivity contribution in [2.75, 3.05) is 19.5 Å². The molecular formula is C17H19NO3. The van der Waals surface area contributed by atoms with E-state index >= 15 is 0 Å². The predicted molar refractivity (Wildman–Crippen MR) is 83.1 cm³/mol. The SMILES string of the molecule is COc1ccccc1CC(=O)Nc1cc(C)ccc1OC. The molecule has 0 heterocycles. The topological polar surface area (TPSA) is 47.6 Å². The molecule has 0 saturated carbocycles. The molecule has 1 amide bonds. The summed E-state index contributed by atoms with van der Waals surface area (Å²) in [7, 11) is 3.18. The van der Waals surface area contributed by atoms with E-state index in [0.717, 1.165) is 11.1 Å². The third-order valence-corrected chi connectivity index (χ3v) is 3.17. The summed E-state index contributed by atoms with van der Waals surface area (Å²) in [6.07, 6.45) is 0.251. The highest BCUT2D eigenvalue weighted by molar-refractivity contribution is 5.94. The maximum absolute atomic E-state index is 12.2. The molecule has 0 atom stereocenters. The summed E-state index contributed by atoms with van der Waals surface area (Å²) in [5, 5.41) is 2.88. The van der Waals surface area contributed by atoms with E-state index in [-0.39, 0.29) is 12.3 Å². The first-order valence-corrected chi connectivity index (χ1v) is 6.70. The first kappa shape index (κ1) is 14.9. The van der Waals surface area contributed by atoms with Gasteiger partial charge in [0.2, 0.25) is 5.91 Å². The van der Waals surface area contributed by atoms with E-state index in [1.807, 2.05) is 49.4 Å². The van der Waals surface area contributed by atoms with Gasteiger partial charge in [-0.25, -0.2) is 0 Å². The Labute approximate surface area is 124 Å². The van der Waals surface area contributed by atoms with Crippen molar-refractivity contribution in [2.24, 2.45) is 0 Å². The van der Waals surface area contributed by atoms with Gasteiger partial charge in [0.15, 0.2) is 0 Å². The molecular weight excluding hydrogens is 266 g/mol. The first-order valence-electron chi connectivity index (χ1n) is 6.70. The van der Waals surface area contributed by atoms with E-state index in [0.29, 0.717) is 17.2 Å². The van der Waals surface area contributed by atoms with Crippen LogP contribution in [0.2, 0.25) is 0 Å². The highest BCUT2D eigenvalue weighted by Gasteiger charge is 2.11. The fourth-order valence-corrected chi connectivity index (χ4v) is 2.14. The molecule has 2 aromatic carbocycles. The fraction of sp³-hybridized carbons (Fsp3) is 0.235. The van der Waals surface area contributed by atoms with E-state index in [2.05, 4.69) is 5.32 Å². The highest BCUT2D eigenvalue weighted by atomic mass is 16.5. The van der Waals surface area contributed by atoms with Gasteiger partial charge < -0.3 is 14.8 Å². The van der Waals surface area contributed by atoms with Gasteiger partial charge in [-0.2, -0.15) is 0 Å². The standard InChI is InChI=1S/C17H19NO3/c1-12-8-9-16(21-3)14(10-12)18-17(19)11-13-6-4-5-7-15(13)20-2/h4-10H,11H2,1-3H3,(H,18,19). The van der Waals surface area contributed by atoms with Gasteiger partial charge in [-0.1, -0.05) is 24.3 Å². The minimum atomic E-state index is -0.108. The number of hydrogen-bond donors (Lipinski definition) is 1. The Kier molecular flexibility index (Phi) is 4.82. The predicted octanol–water partition coefficient (Wildman–Crippen LogP) is 3.19. The van der Waals surface area contributed by atoms with Crippen LogP contribution >= 0.6 is 0 Å². The quantitative estimate of drug-likeness (QED) is 0.917. The maximum Gasteiger partial charge on any atom is 0.229 e. The second-order valence-corrected chi connectivity index (χ2v) is 4.74. The lowest BCUT2D eigenvalue weighted by Gasteiger charge is -2.12. The monoisotopic (exact) mass is 285 g/mol. The van der Waals surface area contributed by atoms with Crippen molar-refractivity contribution in [1.29, 1.82) is 0 Å². The van der Waals surface area contributed by atoms with Gasteiger partial charge in [0.25, 0.3) is 0 Å². The molecule has 2 rings (SSSR count). The summed E-state index contributed by atoms with van der Waals surface area (Å²) in [6.45, 7) is 1.97. The average molecular weight is 285 g/mol. The van der Waals surface area contributed by atoms with Crippen molar-refractivity contribution in [3.8, 4) is 11.5 Å². The lowest BCUT2D eigenvalue weighted by molar-refractivity contribution is -0.115. The number of para-hydroxylation sites is 1. The van der Waals surface area contributed by atoms with Crippen molar-refractivity contribution in [3.63, 3.8) is 0 Å². The maximum atomic E-state index is 12.2. The Balaban J connectivity index is 2.13. The van der Waals surface area contributed by atoms with Crippen LogP contribution in [0.5, 0.6) is 11.5 Å². The van der Waals surface area contributed by atoms with Gasteiger partial charge in [-0.05, 0) is 30.7 Å². The third-order valence-electron chi connectivity index (χ3n) is 3.17. The van der Waals surface area contributed by atoms with Gasteiger partial charge in [0.1, 0.15) is 11.5 Å². The zero-order valence-electron chi connectivity index (χ0n) is 12.5. The van der Waals surface area contributed by atoms with E-state index in [1.165, 1.54) is 0 Å². The molecule has 4 heteroatoms. The molecule has 0 aliphatic heterocycles. The Hall–Kier alpha value is -2.49. The summed E-state index contributed by atoms with van der Waals surface area (Å²) < 4.78 is 10.5. The number of methoxy groups -OCH3 is 2. The lowest BCUT2D eigenvalue weighted by atomic mass is 10.1. The number of carbonyl (C=O) groups is 1. The number of benzene rings is 2. The van der Waals surface area contributed by atoms with E-state index in [9.17, 15) is 4.79 Å². The van der Waals surface area contributed by atoms with Gasteiger partial charge in [-0.3, -0.25) is 4.79 Å². The summed E-state index contributed by atoms with van der Waals surface area (Å²) in [5.74, 6) is 1.25. The molecule has 2 aromatic rings. The number of carbonyl (C=O) groups excluding carboxylic acids is 1. The largest absolute Gasteiger partial charge is 0.496 e. The van der Waals surface area contributed by atoms with E-state index in [4.69, 9.17) is 9.47 Å². The molecule has 4 nitrogen and oxygen atoms in total. The van der Waals surface area contributed by atoms with Crippen LogP contribution < -0.4 is 14.8 Å². The van der Waals surface area contributed by atoms with Crippen LogP contribution in [0.4, 0.5) is 5.69 Å². The highest BCUT2D eigenvalue weighted by Crippen LogP contribution is 2.26. The molecule has 1 N–H and O–H groups in total. The zero-order chi connectivity index (χ0) is 15.2. The number of anilines is 1. The van der Waals surface area contributed by atoms with Crippen molar-refractivity contribution >= 4 is 11.6 Å². The Morgan fingerprint density at radius 3 is 2.48 bits per heavy atom. The molecule has 0 radical (unpaired) electrons. The molecule has 110 valence electrons. The van der Waals surface area contributed by atoms with E-state index < -0.39 is 0 Å². The van der Waals surface area contributed by atoms with Crippen LogP contribution in [0.15, 0.2) is 42.5 Å². The minimum Gasteiger partial charge on any atom is -0.496 e. The van der Waals surface area contributed by atoms with Crippen molar-refractivity contribution in [3.05, 3.63) is 53.6 Å². The van der Waals surface area contributed by atoms with E-state index in [1.54, 1.807) is 14.2 Å². The zero-order valence-corrected chi connectivity index (χ0v) is 12.5. The van der Waals surface area contributed by atoms with Crippen LogP contribution in [0.3, 0.4) is 0 Å². The lowest BCUT2D eigenvalue weighted by Crippen LogP contribution is -2.15. The number of ether oxygens (including phenoxy) is 2. The fourth-order valence-electron chi connectivity index (χ4n) is 2.14. The molecule has 0 unspecified atom stereocenters. The second kappa shape index (κ2) is 6.79. The third kappa shape index (κ3) is 3.75. The minimum absolute atomic E-state index is 0.108. The first-order chi connectivity index (χ1) is 10.1. The summed E-state index contributed by atoms with van der Waals surface area (Å²) >= 11 is 0. The van der Waals surface area contributed by atoms with Crippen LogP contribution in [-0.2, 0) is 11.2 Å². The smallest absolute Gasteiger partial charge is 0.229 e. The van der Waals surface area contributed by atoms with Crippen molar-refractivity contribution in [1.82, 2.24) is 0 Å². The second-order valence-electron chi connectivity index (χ2n) is 4.74. The van der Waals surface area contributed by atoms with Crippen molar-refractivity contribution < 1.29 is 14.3 Å². The number of aryl methyl sites for hydroxylation is 1. The molecule has 0 spiro atoms. The Morgan fingerprint density at radius 1 is 1.05 bits per heavy atom. The Morgan fingerprint density at radius 2 is 1.76 bits per heavy atom. The summed E-state index contributed by atoms with van der Waals surface area (Å²) in [4.78, 5) is 12.2. The van der Waals surface area contributed by atoms with Crippen LogP contribution in [0, 0.1) is 6.92 Å². The Bertz CT molecular complexity index is 638. The molecule has 0 bridgehead atoms. The van der Waals surface area contributed by atoms with Gasteiger partial charge in [0.05, 0.1) is 26.3 Å². The average Bonchev–Trinajstić information content (AvgIpc) is 2.48. The molecule has 0 aromatic heterocycles. The number of nitrogens with one attached hydrogen (secondary N) is 1. The van der Waals surface area contributed by atoms with Crippen LogP contribution in [-0.4, -0.2) is 20.1 Å². The normalized spacial score (nSPS) is 10.0. The van der Waals surface area contributed by atoms with Crippen LogP contribution in [0.25, 0.3) is 0 Å². The van der Waals surface area contributed by atoms with Gasteiger partial charge in [0, 0.05) is 5.56 Å². The van der Waals surface area contributed by atoms with Gasteiger partial charge >= 0.3 is 0 Å². The van der Waals surface area contributed by atoms with Gasteiger partial charge in [-0.15, -0.1) is 0 Å². The molecule has 0 aliphatic carbocycles. The summed E-state index contributed by atoms with van der Waals surface area (Å²) in [6, 6.07) is 13.2. The van der Waals surface area contributed by atoms with Crippen molar-refractivity contribution in [2.45, 2.75) is 13.3 Å². The molecule has 0 saturated heterocycles. The number of rotatable bonds is 5. The molecule has 0 aliphatic rings. The molecule has 0 fully saturated rings. The number of amides is 1. The number of hydrogen-bond acceptors (Lipinski definition) is 3. The van der Waals surface area contributed by atoms with Crippen LogP contribution in [0.1, 0.15) is 11.1 Å². The summed E-state index contributed by atoms with van der Waals surface area (Å²) in [5.41, 5.74) is 2.59. The molecule has 21 heavy (non-hydrogen) atoms.